The second kappa shape index (κ2) is 7.56. The summed E-state index contributed by atoms with van der Waals surface area (Å²) in [6.07, 6.45) is 17.5. The summed E-state index contributed by atoms with van der Waals surface area (Å²) in [5.74, 6) is 0. The van der Waals surface area contributed by atoms with Gasteiger partial charge in [0, 0.05) is 0 Å². The van der Waals surface area contributed by atoms with E-state index < -0.39 is 19.8 Å². The van der Waals surface area contributed by atoms with E-state index >= 15 is 0 Å². The minimum atomic E-state index is -2.84. The first-order valence-corrected chi connectivity index (χ1v) is 12.9. The number of hydrogen-bond acceptors (Lipinski definition) is 0. The van der Waals surface area contributed by atoms with Gasteiger partial charge in [-0.25, -0.2) is 0 Å². The molecule has 119 valence electrons. The second-order valence-corrected chi connectivity index (χ2v) is 15.3. The molecule has 0 aromatic carbocycles. The quantitative estimate of drug-likeness (QED) is 0.521. The summed E-state index contributed by atoms with van der Waals surface area (Å²) in [4.78, 5) is 0. The molecule has 0 radical (unpaired) electrons. The second-order valence-electron chi connectivity index (χ2n) is 6.26. The molecule has 0 saturated carbocycles. The molecule has 0 nitrogen and oxygen atoms in total. The van der Waals surface area contributed by atoms with Crippen molar-refractivity contribution in [1.82, 2.24) is 0 Å². The van der Waals surface area contributed by atoms with Crippen LogP contribution < -0.4 is 0 Å². The van der Waals surface area contributed by atoms with Gasteiger partial charge < -0.3 is 0 Å². The number of hydrogen-bond donors (Lipinski definition) is 0. The van der Waals surface area contributed by atoms with Crippen LogP contribution in [0.3, 0.4) is 0 Å². The first-order chi connectivity index (χ1) is 9.53. The van der Waals surface area contributed by atoms with E-state index in [0.717, 1.165) is 19.3 Å². The third-order valence-electron chi connectivity index (χ3n) is 4.96. The zero-order chi connectivity index (χ0) is 14.3. The van der Waals surface area contributed by atoms with Gasteiger partial charge in [0.2, 0.25) is 0 Å². The van der Waals surface area contributed by atoms with Crippen molar-refractivity contribution >= 4 is 29.0 Å². The fraction of sp³-hybridized carbons (Fsp3) is 0.316. The van der Waals surface area contributed by atoms with E-state index in [9.17, 15) is 0 Å². The topological polar surface area (TPSA) is 0 Å². The van der Waals surface area contributed by atoms with E-state index in [0.29, 0.717) is 0 Å². The zero-order valence-corrected chi connectivity index (χ0v) is 17.7. The van der Waals surface area contributed by atoms with Crippen LogP contribution in [0.1, 0.15) is 40.0 Å². The molecule has 0 atom stereocenters. The molecule has 0 unspecified atom stereocenters. The van der Waals surface area contributed by atoms with E-state index in [1.807, 2.05) is 0 Å². The van der Waals surface area contributed by atoms with Crippen molar-refractivity contribution in [2.24, 2.45) is 0 Å². The Morgan fingerprint density at radius 3 is 1.68 bits per heavy atom. The molecule has 3 aliphatic rings. The van der Waals surface area contributed by atoms with Gasteiger partial charge in [0.05, 0.1) is 0 Å². The van der Waals surface area contributed by atoms with Gasteiger partial charge in [-0.1, -0.05) is 0 Å². The first kappa shape index (κ1) is 19.8. The third-order valence-corrected chi connectivity index (χ3v) is 16.5. The van der Waals surface area contributed by atoms with Crippen LogP contribution in [0.2, 0.25) is 0 Å². The van der Waals surface area contributed by atoms with Gasteiger partial charge in [-0.3, -0.25) is 0 Å². The zero-order valence-electron chi connectivity index (χ0n) is 13.6. The molecule has 0 heterocycles. The van der Waals surface area contributed by atoms with Crippen molar-refractivity contribution in [3.05, 3.63) is 63.0 Å². The van der Waals surface area contributed by atoms with Crippen LogP contribution in [-0.2, 0) is 19.8 Å². The van der Waals surface area contributed by atoms with Crippen LogP contribution in [0, 0.1) is 0 Å². The van der Waals surface area contributed by atoms with Gasteiger partial charge in [0.1, 0.15) is 0 Å². The molecule has 22 heavy (non-hydrogen) atoms. The van der Waals surface area contributed by atoms with Crippen LogP contribution in [0.15, 0.2) is 63.0 Å². The van der Waals surface area contributed by atoms with Gasteiger partial charge >= 0.3 is 127 Å². The Kier molecular flexibility index (Phi) is 6.81. The van der Waals surface area contributed by atoms with Crippen LogP contribution in [0.5, 0.6) is 0 Å². The summed E-state index contributed by atoms with van der Waals surface area (Å²) in [7, 11) is 0. The standard InChI is InChI=1S/3C6H7.CH2.2ClH.Zr/c3*1-6-4-2-3-5-6;;;;/h4-5H,2H2,1H3;2*2,4H,3H2,1H3;1H2;2*1H;. The molecule has 0 aromatic rings. The molecule has 0 aliphatic heterocycles. The van der Waals surface area contributed by atoms with E-state index in [1.165, 1.54) is 16.7 Å². The summed E-state index contributed by atoms with van der Waals surface area (Å²) in [5, 5.41) is 0. The summed E-state index contributed by atoms with van der Waals surface area (Å²) in [6, 6.07) is 0. The third kappa shape index (κ3) is 3.19. The average Bonchev–Trinajstić information content (AvgIpc) is 3.10. The first-order valence-electron chi connectivity index (χ1n) is 7.50. The molecule has 3 aliphatic carbocycles. The molecule has 0 aromatic heterocycles. The number of rotatable bonds is 3. The van der Waals surface area contributed by atoms with E-state index in [1.54, 1.807) is 9.84 Å². The van der Waals surface area contributed by atoms with Gasteiger partial charge in [0.15, 0.2) is 0 Å². The molecule has 3 heteroatoms. The van der Waals surface area contributed by atoms with Crippen molar-refractivity contribution in [2.75, 3.05) is 0 Å². The Morgan fingerprint density at radius 2 is 1.36 bits per heavy atom. The Balaban J connectivity index is 0.00000121. The van der Waals surface area contributed by atoms with Crippen LogP contribution in [0.25, 0.3) is 0 Å². The Morgan fingerprint density at radius 1 is 0.864 bits per heavy atom. The van der Waals surface area contributed by atoms with Gasteiger partial charge in [-0.2, -0.15) is 0 Å². The van der Waals surface area contributed by atoms with Crippen LogP contribution in [-0.4, -0.2) is 4.21 Å². The monoisotopic (exact) mass is 413 g/mol. The Hall–Kier alpha value is -0.227. The molecule has 0 spiro atoms. The van der Waals surface area contributed by atoms with Crippen molar-refractivity contribution in [1.29, 1.82) is 0 Å². The maximum absolute atomic E-state index is 4.96. The molecule has 0 bridgehead atoms. The van der Waals surface area contributed by atoms with Crippen molar-refractivity contribution in [2.45, 2.75) is 40.0 Å². The summed E-state index contributed by atoms with van der Waals surface area (Å²) >= 11 is -2.84. The minimum absolute atomic E-state index is 0. The van der Waals surface area contributed by atoms with Gasteiger partial charge in [-0.15, -0.1) is 24.8 Å². The molecular weight excluding hydrogens is 390 g/mol. The molecular formula is C19H25Cl2Zr. The number of halogens is 2. The fourth-order valence-corrected chi connectivity index (χ4v) is 14.9. The van der Waals surface area contributed by atoms with Crippen LogP contribution in [0.4, 0.5) is 0 Å². The molecule has 0 amide bonds. The fourth-order valence-electron chi connectivity index (χ4n) is 3.78. The summed E-state index contributed by atoms with van der Waals surface area (Å²) < 4.78 is 10.0. The van der Waals surface area contributed by atoms with Crippen molar-refractivity contribution in [3.8, 4) is 0 Å². The Labute approximate surface area is 151 Å². The predicted octanol–water partition coefficient (Wildman–Crippen LogP) is 6.12. The predicted molar refractivity (Wildman–Crippen MR) is 101 cm³/mol. The Bertz CT molecular complexity index is 657. The van der Waals surface area contributed by atoms with E-state index in [-0.39, 0.29) is 24.8 Å². The van der Waals surface area contributed by atoms with Crippen LogP contribution >= 0.6 is 24.8 Å². The van der Waals surface area contributed by atoms with Gasteiger partial charge in [-0.05, 0) is 0 Å². The van der Waals surface area contributed by atoms with Crippen molar-refractivity contribution in [3.63, 3.8) is 0 Å². The van der Waals surface area contributed by atoms with Crippen molar-refractivity contribution < 1.29 is 19.8 Å². The molecule has 0 N–H and O–H groups in total. The maximum atomic E-state index is 4.96. The van der Waals surface area contributed by atoms with E-state index in [4.69, 9.17) is 4.21 Å². The number of allylic oxidation sites excluding steroid dienone is 12. The molecule has 0 saturated heterocycles. The molecule has 3 rings (SSSR count). The van der Waals surface area contributed by atoms with E-state index in [2.05, 4.69) is 57.2 Å². The molecule has 0 fully saturated rings. The SMILES string of the molecule is Cl.Cl.[CH2]=[Zr]([C]1=CC(C)=CC1)([C]1=C(C)C=CC1)[C]1=C(C)C=CC1. The van der Waals surface area contributed by atoms with Gasteiger partial charge in [0.25, 0.3) is 0 Å². The normalized spacial score (nSPS) is 20.1. The summed E-state index contributed by atoms with van der Waals surface area (Å²) in [5.41, 5.74) is 4.42. The average molecular weight is 416 g/mol. The summed E-state index contributed by atoms with van der Waals surface area (Å²) in [6.45, 7) is 6.79.